The molecule has 1 aliphatic rings. The van der Waals surface area contributed by atoms with E-state index in [9.17, 15) is 0 Å². The van der Waals surface area contributed by atoms with Crippen molar-refractivity contribution in [3.8, 4) is 11.4 Å². The number of fused-ring (bicyclic) bond motifs is 1. The number of pyridine rings is 1. The molecule has 3 aromatic rings. The van der Waals surface area contributed by atoms with Crippen LogP contribution in [0.3, 0.4) is 0 Å². The Bertz CT molecular complexity index is 785. The molecule has 1 aliphatic carbocycles. The Kier molecular flexibility index (Phi) is 2.26. The maximum Gasteiger partial charge on any atom is 0.140 e. The van der Waals surface area contributed by atoms with Gasteiger partial charge in [0.2, 0.25) is 0 Å². The standard InChI is InChI=1S/C16H16N4/c1-20-14-10-12(16(17)6-7-16)2-3-13(14)19-15(20)11-4-8-18-9-5-11/h2-5,8-10H,6-7,17H2,1H3. The van der Waals surface area contributed by atoms with E-state index in [-0.39, 0.29) is 5.54 Å². The number of benzene rings is 1. The lowest BCUT2D eigenvalue weighted by Gasteiger charge is -2.09. The van der Waals surface area contributed by atoms with Crippen molar-refractivity contribution < 1.29 is 0 Å². The lowest BCUT2D eigenvalue weighted by Crippen LogP contribution is -2.18. The zero-order valence-corrected chi connectivity index (χ0v) is 11.4. The Labute approximate surface area is 117 Å². The number of nitrogens with zero attached hydrogens (tertiary/aromatic N) is 3. The molecule has 1 fully saturated rings. The van der Waals surface area contributed by atoms with Crippen LogP contribution in [0.4, 0.5) is 0 Å². The summed E-state index contributed by atoms with van der Waals surface area (Å²) >= 11 is 0. The second kappa shape index (κ2) is 3.90. The maximum atomic E-state index is 6.29. The molecule has 2 heterocycles. The molecular weight excluding hydrogens is 248 g/mol. The predicted octanol–water partition coefficient (Wildman–Crippen LogP) is 2.58. The molecule has 0 spiro atoms. The second-order valence-corrected chi connectivity index (χ2v) is 5.59. The molecule has 2 aromatic heterocycles. The first kappa shape index (κ1) is 11.6. The van der Waals surface area contributed by atoms with Crippen molar-refractivity contribution in [3.63, 3.8) is 0 Å². The minimum Gasteiger partial charge on any atom is -0.327 e. The highest BCUT2D eigenvalue weighted by Gasteiger charge is 2.40. The quantitative estimate of drug-likeness (QED) is 0.774. The fourth-order valence-electron chi connectivity index (χ4n) is 2.68. The third-order valence-electron chi connectivity index (χ3n) is 4.18. The Hall–Kier alpha value is -2.20. The fraction of sp³-hybridized carbons (Fsp3) is 0.250. The molecular formula is C16H16N4. The van der Waals surface area contributed by atoms with Crippen LogP contribution in [0.2, 0.25) is 0 Å². The van der Waals surface area contributed by atoms with Gasteiger partial charge in [-0.2, -0.15) is 0 Å². The zero-order valence-electron chi connectivity index (χ0n) is 11.4. The van der Waals surface area contributed by atoms with E-state index in [0.29, 0.717) is 0 Å². The molecule has 4 rings (SSSR count). The van der Waals surface area contributed by atoms with Crippen LogP contribution in [-0.2, 0) is 12.6 Å². The number of hydrogen-bond acceptors (Lipinski definition) is 3. The van der Waals surface area contributed by atoms with Gasteiger partial charge in [0.1, 0.15) is 5.82 Å². The van der Waals surface area contributed by atoms with Crippen molar-refractivity contribution in [1.29, 1.82) is 0 Å². The molecule has 4 heteroatoms. The first-order valence-corrected chi connectivity index (χ1v) is 6.84. The smallest absolute Gasteiger partial charge is 0.140 e. The summed E-state index contributed by atoms with van der Waals surface area (Å²) in [6.45, 7) is 0. The Morgan fingerprint density at radius 1 is 1.15 bits per heavy atom. The highest BCUT2D eigenvalue weighted by atomic mass is 15.1. The van der Waals surface area contributed by atoms with Gasteiger partial charge in [-0.05, 0) is 42.7 Å². The van der Waals surface area contributed by atoms with Crippen molar-refractivity contribution >= 4 is 11.0 Å². The first-order chi connectivity index (χ1) is 9.67. The molecule has 100 valence electrons. The topological polar surface area (TPSA) is 56.7 Å². The number of imidazole rings is 1. The van der Waals surface area contributed by atoms with Crippen LogP contribution in [0, 0.1) is 0 Å². The lowest BCUT2D eigenvalue weighted by molar-refractivity contribution is 0.740. The summed E-state index contributed by atoms with van der Waals surface area (Å²) in [5.41, 5.74) is 10.6. The van der Waals surface area contributed by atoms with Gasteiger partial charge in [-0.25, -0.2) is 4.98 Å². The van der Waals surface area contributed by atoms with Crippen molar-refractivity contribution in [2.24, 2.45) is 12.8 Å². The molecule has 0 bridgehead atoms. The lowest BCUT2D eigenvalue weighted by atomic mass is 10.1. The highest BCUT2D eigenvalue weighted by Crippen LogP contribution is 2.43. The van der Waals surface area contributed by atoms with Crippen molar-refractivity contribution in [1.82, 2.24) is 14.5 Å². The van der Waals surface area contributed by atoms with Crippen LogP contribution in [0.5, 0.6) is 0 Å². The van der Waals surface area contributed by atoms with E-state index in [1.165, 1.54) is 5.56 Å². The molecule has 4 nitrogen and oxygen atoms in total. The van der Waals surface area contributed by atoms with E-state index in [4.69, 9.17) is 10.7 Å². The molecule has 1 aromatic carbocycles. The molecule has 0 unspecified atom stereocenters. The summed E-state index contributed by atoms with van der Waals surface area (Å²) in [6, 6.07) is 10.3. The van der Waals surface area contributed by atoms with Crippen LogP contribution < -0.4 is 5.73 Å². The molecule has 0 saturated heterocycles. The van der Waals surface area contributed by atoms with E-state index < -0.39 is 0 Å². The average molecular weight is 264 g/mol. The van der Waals surface area contributed by atoms with Crippen LogP contribution >= 0.6 is 0 Å². The number of aromatic nitrogens is 3. The Morgan fingerprint density at radius 2 is 1.90 bits per heavy atom. The van der Waals surface area contributed by atoms with E-state index in [0.717, 1.165) is 35.3 Å². The van der Waals surface area contributed by atoms with E-state index in [1.807, 2.05) is 19.2 Å². The maximum absolute atomic E-state index is 6.29. The summed E-state index contributed by atoms with van der Waals surface area (Å²) in [6.07, 6.45) is 5.74. The number of rotatable bonds is 2. The summed E-state index contributed by atoms with van der Waals surface area (Å²) in [7, 11) is 2.05. The number of aryl methyl sites for hydroxylation is 1. The van der Waals surface area contributed by atoms with Crippen molar-refractivity contribution in [2.45, 2.75) is 18.4 Å². The molecule has 0 aliphatic heterocycles. The summed E-state index contributed by atoms with van der Waals surface area (Å²) < 4.78 is 2.12. The molecule has 2 N–H and O–H groups in total. The monoisotopic (exact) mass is 264 g/mol. The number of nitrogens with two attached hydrogens (primary N) is 1. The molecule has 20 heavy (non-hydrogen) atoms. The van der Waals surface area contributed by atoms with Crippen LogP contribution in [-0.4, -0.2) is 14.5 Å². The number of hydrogen-bond donors (Lipinski definition) is 1. The van der Waals surface area contributed by atoms with Crippen LogP contribution in [0.25, 0.3) is 22.4 Å². The van der Waals surface area contributed by atoms with Gasteiger partial charge in [-0.3, -0.25) is 4.98 Å². The Balaban J connectivity index is 1.91. The van der Waals surface area contributed by atoms with Crippen LogP contribution in [0.1, 0.15) is 18.4 Å². The third kappa shape index (κ3) is 1.65. The molecule has 1 saturated carbocycles. The van der Waals surface area contributed by atoms with Gasteiger partial charge in [0, 0.05) is 30.5 Å². The normalized spacial score (nSPS) is 16.5. The zero-order chi connectivity index (χ0) is 13.7. The molecule has 0 atom stereocenters. The fourth-order valence-corrected chi connectivity index (χ4v) is 2.68. The third-order valence-corrected chi connectivity index (χ3v) is 4.18. The summed E-state index contributed by atoms with van der Waals surface area (Å²) in [5, 5.41) is 0. The summed E-state index contributed by atoms with van der Waals surface area (Å²) in [4.78, 5) is 8.78. The van der Waals surface area contributed by atoms with Crippen molar-refractivity contribution in [2.75, 3.05) is 0 Å². The second-order valence-electron chi connectivity index (χ2n) is 5.59. The van der Waals surface area contributed by atoms with Gasteiger partial charge >= 0.3 is 0 Å². The largest absolute Gasteiger partial charge is 0.327 e. The first-order valence-electron chi connectivity index (χ1n) is 6.84. The average Bonchev–Trinajstić information content (AvgIpc) is 3.15. The van der Waals surface area contributed by atoms with Gasteiger partial charge in [-0.15, -0.1) is 0 Å². The SMILES string of the molecule is Cn1c(-c2ccncc2)nc2ccc(C3(N)CC3)cc21. The van der Waals surface area contributed by atoms with Gasteiger partial charge in [-0.1, -0.05) is 6.07 Å². The minimum absolute atomic E-state index is 0.102. The van der Waals surface area contributed by atoms with E-state index in [2.05, 4.69) is 27.8 Å². The van der Waals surface area contributed by atoms with Gasteiger partial charge in [0.25, 0.3) is 0 Å². The minimum atomic E-state index is -0.102. The van der Waals surface area contributed by atoms with E-state index in [1.54, 1.807) is 12.4 Å². The Morgan fingerprint density at radius 3 is 2.60 bits per heavy atom. The van der Waals surface area contributed by atoms with Gasteiger partial charge < -0.3 is 10.3 Å². The van der Waals surface area contributed by atoms with Crippen molar-refractivity contribution in [3.05, 3.63) is 48.3 Å². The molecule has 0 radical (unpaired) electrons. The molecule has 0 amide bonds. The van der Waals surface area contributed by atoms with Gasteiger partial charge in [0.15, 0.2) is 0 Å². The summed E-state index contributed by atoms with van der Waals surface area (Å²) in [5.74, 6) is 0.960. The van der Waals surface area contributed by atoms with Crippen LogP contribution in [0.15, 0.2) is 42.7 Å². The predicted molar refractivity (Wildman–Crippen MR) is 79.0 cm³/mol. The highest BCUT2D eigenvalue weighted by molar-refractivity contribution is 5.81. The van der Waals surface area contributed by atoms with E-state index >= 15 is 0 Å². The van der Waals surface area contributed by atoms with Gasteiger partial charge in [0.05, 0.1) is 11.0 Å².